The van der Waals surface area contributed by atoms with Crippen LogP contribution in [0.2, 0.25) is 5.02 Å². The van der Waals surface area contributed by atoms with Gasteiger partial charge in [-0.15, -0.1) is 0 Å². The maximum atomic E-state index is 14.7. The molecule has 136 valence electrons. The van der Waals surface area contributed by atoms with Gasteiger partial charge in [-0.2, -0.15) is 0 Å². The van der Waals surface area contributed by atoms with Gasteiger partial charge in [0.1, 0.15) is 11.6 Å². The zero-order chi connectivity index (χ0) is 17.8. The second-order valence-electron chi connectivity index (χ2n) is 8.10. The van der Waals surface area contributed by atoms with Gasteiger partial charge in [0, 0.05) is 11.6 Å². The van der Waals surface area contributed by atoms with Gasteiger partial charge in [-0.3, -0.25) is 4.79 Å². The smallest absolute Gasteiger partial charge is 0.225 e. The molecule has 3 nitrogen and oxygen atoms in total. The highest BCUT2D eigenvalue weighted by atomic mass is 35.5. The van der Waals surface area contributed by atoms with Gasteiger partial charge in [0.05, 0.1) is 17.0 Å². The standard InChI is InChI=1S/C19H23ClF2N2O/c1-19(6-2-3-7-19)17(15-12(21)5-4-11(20)16(15)22)24-18(25)14-10-8-13(14)23-9-10/h4-5,10,13-14,17,23H,2-3,6-9H2,1H3,(H,24,25). The van der Waals surface area contributed by atoms with E-state index in [1.54, 1.807) is 0 Å². The minimum atomic E-state index is -0.755. The van der Waals surface area contributed by atoms with Crippen molar-refractivity contribution in [2.45, 2.75) is 51.1 Å². The summed E-state index contributed by atoms with van der Waals surface area (Å²) in [7, 11) is 0. The molecule has 6 heteroatoms. The van der Waals surface area contributed by atoms with Crippen molar-refractivity contribution in [1.29, 1.82) is 0 Å². The van der Waals surface area contributed by atoms with E-state index in [0.29, 0.717) is 5.92 Å². The van der Waals surface area contributed by atoms with Crippen LogP contribution in [0.1, 0.15) is 50.6 Å². The fourth-order valence-corrected chi connectivity index (χ4v) is 5.15. The van der Waals surface area contributed by atoms with Crippen molar-refractivity contribution >= 4 is 17.5 Å². The lowest BCUT2D eigenvalue weighted by Gasteiger charge is -2.39. The average molecular weight is 369 g/mol. The van der Waals surface area contributed by atoms with Crippen LogP contribution >= 0.6 is 11.6 Å². The Morgan fingerprint density at radius 1 is 1.36 bits per heavy atom. The van der Waals surface area contributed by atoms with E-state index < -0.39 is 17.7 Å². The van der Waals surface area contributed by atoms with E-state index in [9.17, 15) is 13.6 Å². The number of hydrogen-bond donors (Lipinski definition) is 2. The highest BCUT2D eigenvalue weighted by molar-refractivity contribution is 6.30. The van der Waals surface area contributed by atoms with Crippen molar-refractivity contribution in [2.75, 3.05) is 6.54 Å². The lowest BCUT2D eigenvalue weighted by molar-refractivity contribution is -0.131. The Kier molecular flexibility index (Phi) is 4.27. The van der Waals surface area contributed by atoms with Crippen LogP contribution in [0.5, 0.6) is 0 Å². The fourth-order valence-electron chi connectivity index (χ4n) is 4.98. The molecule has 25 heavy (non-hydrogen) atoms. The summed E-state index contributed by atoms with van der Waals surface area (Å²) in [5.41, 5.74) is -0.456. The first-order chi connectivity index (χ1) is 11.9. The van der Waals surface area contributed by atoms with Gasteiger partial charge < -0.3 is 10.6 Å². The molecule has 0 aromatic heterocycles. The fraction of sp³-hybridized carbons (Fsp3) is 0.632. The van der Waals surface area contributed by atoms with Crippen molar-refractivity contribution in [3.63, 3.8) is 0 Å². The maximum absolute atomic E-state index is 14.7. The summed E-state index contributed by atoms with van der Waals surface area (Å²) >= 11 is 5.91. The Labute approximate surface area is 151 Å². The predicted molar refractivity (Wildman–Crippen MR) is 92.2 cm³/mol. The maximum Gasteiger partial charge on any atom is 0.225 e. The molecule has 4 fully saturated rings. The Balaban J connectivity index is 1.68. The molecule has 4 atom stereocenters. The summed E-state index contributed by atoms with van der Waals surface area (Å²) in [6, 6.07) is 1.92. The lowest BCUT2D eigenvalue weighted by atomic mass is 9.72. The van der Waals surface area contributed by atoms with Crippen LogP contribution in [0.3, 0.4) is 0 Å². The van der Waals surface area contributed by atoms with E-state index in [1.807, 2.05) is 6.92 Å². The molecular weight excluding hydrogens is 346 g/mol. The summed E-state index contributed by atoms with van der Waals surface area (Å²) in [6.07, 6.45) is 4.68. The molecule has 4 aliphatic rings. The van der Waals surface area contributed by atoms with Gasteiger partial charge in [0.2, 0.25) is 5.91 Å². The summed E-state index contributed by atoms with van der Waals surface area (Å²) in [5, 5.41) is 6.22. The number of nitrogens with one attached hydrogen (secondary N) is 2. The van der Waals surface area contributed by atoms with Gasteiger partial charge in [0.15, 0.2) is 0 Å². The van der Waals surface area contributed by atoms with Crippen LogP contribution in [0.15, 0.2) is 12.1 Å². The minimum Gasteiger partial charge on any atom is -0.348 e. The van der Waals surface area contributed by atoms with Crippen LogP contribution in [0, 0.1) is 28.9 Å². The normalized spacial score (nSPS) is 30.8. The number of carbonyl (C=O) groups excluding carboxylic acids is 1. The van der Waals surface area contributed by atoms with E-state index in [4.69, 9.17) is 11.6 Å². The molecule has 5 rings (SSSR count). The van der Waals surface area contributed by atoms with Crippen molar-refractivity contribution in [2.24, 2.45) is 17.3 Å². The van der Waals surface area contributed by atoms with E-state index in [0.717, 1.165) is 38.6 Å². The van der Waals surface area contributed by atoms with Gasteiger partial charge in [-0.1, -0.05) is 31.4 Å². The number of carbonyl (C=O) groups is 1. The average Bonchev–Trinajstić information content (AvgIpc) is 3.27. The Bertz CT molecular complexity index is 691. The second kappa shape index (κ2) is 6.20. The highest BCUT2D eigenvalue weighted by Crippen LogP contribution is 2.49. The largest absolute Gasteiger partial charge is 0.348 e. The molecule has 2 saturated carbocycles. The summed E-state index contributed by atoms with van der Waals surface area (Å²) < 4.78 is 29.3. The third-order valence-electron chi connectivity index (χ3n) is 6.54. The Morgan fingerprint density at radius 3 is 2.68 bits per heavy atom. The molecule has 1 aromatic carbocycles. The van der Waals surface area contributed by atoms with Crippen LogP contribution in [-0.2, 0) is 4.79 Å². The minimum absolute atomic E-state index is 0.0854. The number of hydrogen-bond acceptors (Lipinski definition) is 2. The first kappa shape index (κ1) is 17.2. The first-order valence-corrected chi connectivity index (χ1v) is 9.46. The Hall–Kier alpha value is -1.20. The zero-order valence-corrected chi connectivity index (χ0v) is 15.0. The van der Waals surface area contributed by atoms with E-state index in [2.05, 4.69) is 10.6 Å². The molecule has 2 saturated heterocycles. The van der Waals surface area contributed by atoms with Crippen LogP contribution in [-0.4, -0.2) is 18.5 Å². The first-order valence-electron chi connectivity index (χ1n) is 9.08. The molecule has 2 bridgehead atoms. The van der Waals surface area contributed by atoms with E-state index >= 15 is 0 Å². The van der Waals surface area contributed by atoms with Gasteiger partial charge in [-0.25, -0.2) is 8.78 Å². The van der Waals surface area contributed by atoms with E-state index in [-0.39, 0.29) is 33.9 Å². The molecular formula is C19H23ClF2N2O. The predicted octanol–water partition coefficient (Wildman–Crippen LogP) is 3.96. The van der Waals surface area contributed by atoms with Crippen molar-refractivity contribution < 1.29 is 13.6 Å². The van der Waals surface area contributed by atoms with Crippen LogP contribution in [0.4, 0.5) is 8.78 Å². The van der Waals surface area contributed by atoms with Crippen LogP contribution in [0.25, 0.3) is 0 Å². The number of halogens is 3. The number of amides is 1. The summed E-state index contributed by atoms with van der Waals surface area (Å²) in [6.45, 7) is 2.86. The van der Waals surface area contributed by atoms with Gasteiger partial charge >= 0.3 is 0 Å². The van der Waals surface area contributed by atoms with Crippen molar-refractivity contribution in [3.8, 4) is 0 Å². The quantitative estimate of drug-likeness (QED) is 0.790. The molecule has 2 aliphatic heterocycles. The molecule has 2 heterocycles. The lowest BCUT2D eigenvalue weighted by Crippen LogP contribution is -2.50. The topological polar surface area (TPSA) is 41.1 Å². The monoisotopic (exact) mass is 368 g/mol. The molecule has 1 amide bonds. The summed E-state index contributed by atoms with van der Waals surface area (Å²) in [5.74, 6) is -1.23. The van der Waals surface area contributed by atoms with Crippen molar-refractivity contribution in [3.05, 3.63) is 34.4 Å². The third-order valence-corrected chi connectivity index (χ3v) is 6.83. The van der Waals surface area contributed by atoms with Crippen LogP contribution < -0.4 is 10.6 Å². The van der Waals surface area contributed by atoms with Gasteiger partial charge in [-0.05, 0) is 49.3 Å². The second-order valence-corrected chi connectivity index (χ2v) is 8.50. The molecule has 4 unspecified atom stereocenters. The number of fused-ring (bicyclic) bond motifs is 1. The molecule has 2 aliphatic carbocycles. The number of rotatable bonds is 4. The highest BCUT2D eigenvalue weighted by Gasteiger charge is 2.52. The molecule has 2 N–H and O–H groups in total. The SMILES string of the molecule is CC1(C(NC(=O)C2C3CNC2C3)c2c(F)ccc(Cl)c2F)CCCC1. The molecule has 0 radical (unpaired) electrons. The van der Waals surface area contributed by atoms with Crippen molar-refractivity contribution in [1.82, 2.24) is 10.6 Å². The molecule has 0 spiro atoms. The molecule has 1 aromatic rings. The third kappa shape index (κ3) is 2.76. The number of benzene rings is 1. The van der Waals surface area contributed by atoms with E-state index in [1.165, 1.54) is 12.1 Å². The van der Waals surface area contributed by atoms with Gasteiger partial charge in [0.25, 0.3) is 0 Å². The summed E-state index contributed by atoms with van der Waals surface area (Å²) in [4.78, 5) is 12.8. The Morgan fingerprint density at radius 2 is 2.08 bits per heavy atom. The zero-order valence-electron chi connectivity index (χ0n) is 14.2.